The Morgan fingerprint density at radius 3 is 2.10 bits per heavy atom. The summed E-state index contributed by atoms with van der Waals surface area (Å²) in [5.74, 6) is 2.94. The van der Waals surface area contributed by atoms with Gasteiger partial charge in [0, 0.05) is 5.56 Å². The lowest BCUT2D eigenvalue weighted by molar-refractivity contribution is -0.0576. The standard InChI is InChI=1S/C16H19Cl3S/c17-13(12-4-14(18)20-15(12)19)8-16-5-9-1-10(6-16)3-11(2-9)7-16/h4,9-11,13H,1-3,5-8H2. The van der Waals surface area contributed by atoms with Crippen LogP contribution in [0, 0.1) is 23.2 Å². The van der Waals surface area contributed by atoms with Gasteiger partial charge in [-0.25, -0.2) is 0 Å². The first-order valence-corrected chi connectivity index (χ1v) is 9.63. The molecule has 1 aromatic heterocycles. The molecule has 20 heavy (non-hydrogen) atoms. The van der Waals surface area contributed by atoms with E-state index >= 15 is 0 Å². The summed E-state index contributed by atoms with van der Waals surface area (Å²) in [6, 6.07) is 1.97. The van der Waals surface area contributed by atoms with E-state index in [0.717, 1.165) is 38.4 Å². The van der Waals surface area contributed by atoms with Crippen molar-refractivity contribution < 1.29 is 0 Å². The lowest BCUT2D eigenvalue weighted by Crippen LogP contribution is -2.46. The Kier molecular flexibility index (Phi) is 3.58. The molecule has 0 spiro atoms. The molecule has 0 N–H and O–H groups in total. The Labute approximate surface area is 139 Å². The number of halogens is 3. The summed E-state index contributed by atoms with van der Waals surface area (Å²) in [6.07, 6.45) is 9.74. The molecular formula is C16H19Cl3S. The summed E-state index contributed by atoms with van der Waals surface area (Å²) in [4.78, 5) is 0. The Hall–Kier alpha value is 0.570. The van der Waals surface area contributed by atoms with Crippen LogP contribution in [0.2, 0.25) is 8.67 Å². The van der Waals surface area contributed by atoms with Crippen molar-refractivity contribution in [1.82, 2.24) is 0 Å². The first kappa shape index (κ1) is 14.2. The third-order valence-electron chi connectivity index (χ3n) is 5.80. The maximum Gasteiger partial charge on any atom is 0.0991 e. The number of hydrogen-bond donors (Lipinski definition) is 0. The maximum absolute atomic E-state index is 6.72. The van der Waals surface area contributed by atoms with Crippen LogP contribution in [0.25, 0.3) is 0 Å². The molecule has 4 saturated carbocycles. The van der Waals surface area contributed by atoms with Gasteiger partial charge >= 0.3 is 0 Å². The molecule has 1 aromatic rings. The minimum atomic E-state index is 0.0301. The molecule has 0 radical (unpaired) electrons. The van der Waals surface area contributed by atoms with Gasteiger partial charge in [-0.2, -0.15) is 0 Å². The van der Waals surface area contributed by atoms with E-state index in [1.165, 1.54) is 49.9 Å². The third-order valence-corrected chi connectivity index (χ3v) is 7.71. The van der Waals surface area contributed by atoms with Gasteiger partial charge in [-0.3, -0.25) is 0 Å². The molecule has 0 aromatic carbocycles. The molecule has 1 atom stereocenters. The van der Waals surface area contributed by atoms with E-state index in [2.05, 4.69) is 0 Å². The Morgan fingerprint density at radius 2 is 1.65 bits per heavy atom. The van der Waals surface area contributed by atoms with Gasteiger partial charge < -0.3 is 0 Å². The molecule has 4 bridgehead atoms. The van der Waals surface area contributed by atoms with E-state index in [4.69, 9.17) is 34.8 Å². The minimum absolute atomic E-state index is 0.0301. The molecular weight excluding hydrogens is 331 g/mol. The predicted molar refractivity (Wildman–Crippen MR) is 88.2 cm³/mol. The predicted octanol–water partition coefficient (Wildman–Crippen LogP) is 6.94. The second-order valence-electron chi connectivity index (χ2n) is 7.37. The van der Waals surface area contributed by atoms with Crippen LogP contribution < -0.4 is 0 Å². The van der Waals surface area contributed by atoms with Crippen molar-refractivity contribution >= 4 is 46.1 Å². The van der Waals surface area contributed by atoms with Gasteiger partial charge in [0.2, 0.25) is 0 Å². The van der Waals surface area contributed by atoms with Crippen molar-refractivity contribution in [2.45, 2.75) is 50.3 Å². The summed E-state index contributed by atoms with van der Waals surface area (Å²) in [5.41, 5.74) is 1.55. The average Bonchev–Trinajstić information content (AvgIpc) is 2.66. The number of alkyl halides is 1. The molecule has 4 heteroatoms. The second kappa shape index (κ2) is 5.05. The molecule has 0 aliphatic heterocycles. The molecule has 1 unspecified atom stereocenters. The molecule has 4 fully saturated rings. The van der Waals surface area contributed by atoms with Gasteiger partial charge in [0.05, 0.1) is 14.0 Å². The summed E-state index contributed by atoms with van der Waals surface area (Å²) >= 11 is 20.5. The largest absolute Gasteiger partial charge is 0.118 e. The zero-order chi connectivity index (χ0) is 13.9. The molecule has 4 aliphatic rings. The van der Waals surface area contributed by atoms with Gasteiger partial charge in [0.1, 0.15) is 0 Å². The lowest BCUT2D eigenvalue weighted by Gasteiger charge is -2.57. The number of hydrogen-bond acceptors (Lipinski definition) is 1. The molecule has 0 amide bonds. The van der Waals surface area contributed by atoms with E-state index in [1.54, 1.807) is 0 Å². The van der Waals surface area contributed by atoms with E-state index < -0.39 is 0 Å². The first-order chi connectivity index (χ1) is 9.53. The van der Waals surface area contributed by atoms with Crippen LogP contribution in [0.4, 0.5) is 0 Å². The maximum atomic E-state index is 6.72. The second-order valence-corrected chi connectivity index (χ2v) is 10.2. The summed E-state index contributed by atoms with van der Waals surface area (Å²) in [7, 11) is 0. The van der Waals surface area contributed by atoms with Gasteiger partial charge in [-0.15, -0.1) is 22.9 Å². The quantitative estimate of drug-likeness (QED) is 0.518. The van der Waals surface area contributed by atoms with Crippen LogP contribution in [0.1, 0.15) is 55.9 Å². The zero-order valence-electron chi connectivity index (χ0n) is 11.4. The fourth-order valence-corrected chi connectivity index (χ4v) is 7.80. The van der Waals surface area contributed by atoms with Crippen molar-refractivity contribution in [1.29, 1.82) is 0 Å². The van der Waals surface area contributed by atoms with Crippen LogP contribution in [-0.2, 0) is 0 Å². The van der Waals surface area contributed by atoms with Crippen LogP contribution in [0.3, 0.4) is 0 Å². The fraction of sp³-hybridized carbons (Fsp3) is 0.750. The first-order valence-electron chi connectivity index (χ1n) is 7.62. The Bertz CT molecular complexity index is 487. The fourth-order valence-electron chi connectivity index (χ4n) is 5.60. The summed E-state index contributed by atoms with van der Waals surface area (Å²) < 4.78 is 1.53. The number of rotatable bonds is 3. The van der Waals surface area contributed by atoms with Crippen LogP contribution in [0.5, 0.6) is 0 Å². The minimum Gasteiger partial charge on any atom is -0.118 e. The van der Waals surface area contributed by atoms with Crippen molar-refractivity contribution in [2.24, 2.45) is 23.2 Å². The Balaban J connectivity index is 1.55. The SMILES string of the molecule is Clc1cc(C(Cl)CC23CC4CC(CC(C4)C2)C3)c(Cl)s1. The molecule has 5 rings (SSSR count). The highest BCUT2D eigenvalue weighted by Crippen LogP contribution is 2.63. The summed E-state index contributed by atoms with van der Waals surface area (Å²) in [5, 5.41) is 0.0301. The molecule has 0 saturated heterocycles. The lowest BCUT2D eigenvalue weighted by atomic mass is 9.48. The normalized spacial score (nSPS) is 40.2. The van der Waals surface area contributed by atoms with Crippen molar-refractivity contribution in [3.63, 3.8) is 0 Å². The van der Waals surface area contributed by atoms with Crippen LogP contribution in [0.15, 0.2) is 6.07 Å². The van der Waals surface area contributed by atoms with Gasteiger partial charge in [-0.1, -0.05) is 23.2 Å². The van der Waals surface area contributed by atoms with Gasteiger partial charge in [0.25, 0.3) is 0 Å². The smallest absolute Gasteiger partial charge is 0.0991 e. The van der Waals surface area contributed by atoms with Crippen LogP contribution in [-0.4, -0.2) is 0 Å². The molecule has 4 aliphatic carbocycles. The highest BCUT2D eigenvalue weighted by Gasteiger charge is 2.51. The molecule has 0 nitrogen and oxygen atoms in total. The van der Waals surface area contributed by atoms with Crippen molar-refractivity contribution in [3.8, 4) is 0 Å². The topological polar surface area (TPSA) is 0 Å². The van der Waals surface area contributed by atoms with E-state index in [9.17, 15) is 0 Å². The van der Waals surface area contributed by atoms with Crippen molar-refractivity contribution in [3.05, 3.63) is 20.3 Å². The Morgan fingerprint density at radius 1 is 1.10 bits per heavy atom. The molecule has 1 heterocycles. The third kappa shape index (κ3) is 2.43. The van der Waals surface area contributed by atoms with Gasteiger partial charge in [0.15, 0.2) is 0 Å². The zero-order valence-corrected chi connectivity index (χ0v) is 14.5. The monoisotopic (exact) mass is 348 g/mol. The average molecular weight is 350 g/mol. The molecule has 110 valence electrons. The highest BCUT2D eigenvalue weighted by molar-refractivity contribution is 7.20. The van der Waals surface area contributed by atoms with Crippen molar-refractivity contribution in [2.75, 3.05) is 0 Å². The number of thiophene rings is 1. The highest BCUT2D eigenvalue weighted by atomic mass is 35.5. The van der Waals surface area contributed by atoms with Gasteiger partial charge in [-0.05, 0) is 74.2 Å². The van der Waals surface area contributed by atoms with E-state index in [0.29, 0.717) is 5.41 Å². The summed E-state index contributed by atoms with van der Waals surface area (Å²) in [6.45, 7) is 0. The van der Waals surface area contributed by atoms with E-state index in [-0.39, 0.29) is 5.38 Å². The van der Waals surface area contributed by atoms with Crippen LogP contribution >= 0.6 is 46.1 Å². The van der Waals surface area contributed by atoms with E-state index in [1.807, 2.05) is 6.07 Å².